The van der Waals surface area contributed by atoms with Gasteiger partial charge in [0.15, 0.2) is 4.80 Å². The highest BCUT2D eigenvalue weighted by atomic mass is 35.5. The molecule has 3 aromatic rings. The summed E-state index contributed by atoms with van der Waals surface area (Å²) in [6.07, 6.45) is 0.801. The van der Waals surface area contributed by atoms with Crippen LogP contribution >= 0.6 is 22.9 Å². The number of nitro groups is 1. The molecule has 0 saturated carbocycles. The van der Waals surface area contributed by atoms with Crippen molar-refractivity contribution in [3.05, 3.63) is 50.0 Å². The van der Waals surface area contributed by atoms with E-state index in [4.69, 9.17) is 20.8 Å². The highest BCUT2D eigenvalue weighted by Crippen LogP contribution is 2.33. The topological polar surface area (TPSA) is 99.9 Å². The second-order valence-corrected chi connectivity index (χ2v) is 6.66. The monoisotopic (exact) mass is 395 g/mol. The SMILES string of the molecule is CCCn1c(=NC(=O)c2ccc([N+](=O)[O-])o2)sc2c(Cl)ccc(OC)c21. The zero-order chi connectivity index (χ0) is 18.8. The highest BCUT2D eigenvalue weighted by molar-refractivity contribution is 7.17. The van der Waals surface area contributed by atoms with Crippen molar-refractivity contribution >= 4 is 44.9 Å². The fraction of sp³-hybridized carbons (Fsp3) is 0.250. The number of hydrogen-bond donors (Lipinski definition) is 0. The van der Waals surface area contributed by atoms with Gasteiger partial charge in [-0.3, -0.25) is 14.9 Å². The minimum Gasteiger partial charge on any atom is -0.495 e. The van der Waals surface area contributed by atoms with E-state index in [1.165, 1.54) is 17.4 Å². The van der Waals surface area contributed by atoms with Gasteiger partial charge >= 0.3 is 11.8 Å². The molecule has 136 valence electrons. The zero-order valence-corrected chi connectivity index (χ0v) is 15.5. The Kier molecular flexibility index (Phi) is 5.10. The number of carbonyl (C=O) groups is 1. The van der Waals surface area contributed by atoms with E-state index in [9.17, 15) is 14.9 Å². The summed E-state index contributed by atoms with van der Waals surface area (Å²) in [4.78, 5) is 26.9. The van der Waals surface area contributed by atoms with E-state index < -0.39 is 16.7 Å². The lowest BCUT2D eigenvalue weighted by Gasteiger charge is -2.07. The zero-order valence-electron chi connectivity index (χ0n) is 13.9. The fourth-order valence-corrected chi connectivity index (χ4v) is 3.83. The Morgan fingerprint density at radius 2 is 2.19 bits per heavy atom. The van der Waals surface area contributed by atoms with Crippen molar-refractivity contribution in [1.82, 2.24) is 4.57 Å². The maximum atomic E-state index is 12.4. The summed E-state index contributed by atoms with van der Waals surface area (Å²) >= 11 is 7.53. The van der Waals surface area contributed by atoms with Crippen LogP contribution in [0.25, 0.3) is 10.2 Å². The van der Waals surface area contributed by atoms with Gasteiger partial charge < -0.3 is 13.7 Å². The minimum absolute atomic E-state index is 0.199. The second kappa shape index (κ2) is 7.30. The maximum absolute atomic E-state index is 12.4. The number of benzene rings is 1. The van der Waals surface area contributed by atoms with Gasteiger partial charge in [-0.05, 0) is 24.6 Å². The Bertz CT molecular complexity index is 1070. The quantitative estimate of drug-likeness (QED) is 0.479. The summed E-state index contributed by atoms with van der Waals surface area (Å²) in [6.45, 7) is 2.59. The van der Waals surface area contributed by atoms with E-state index in [1.807, 2.05) is 11.5 Å². The lowest BCUT2D eigenvalue weighted by atomic mass is 10.3. The number of ether oxygens (including phenoxy) is 1. The molecule has 26 heavy (non-hydrogen) atoms. The smallest absolute Gasteiger partial charge is 0.433 e. The van der Waals surface area contributed by atoms with Crippen LogP contribution in [0.15, 0.2) is 33.7 Å². The van der Waals surface area contributed by atoms with Crippen LogP contribution in [-0.4, -0.2) is 22.5 Å². The van der Waals surface area contributed by atoms with Gasteiger partial charge in [0.2, 0.25) is 5.76 Å². The van der Waals surface area contributed by atoms with Gasteiger partial charge in [0.05, 0.1) is 22.9 Å². The summed E-state index contributed by atoms with van der Waals surface area (Å²) in [5.74, 6) is -0.789. The molecule has 0 aliphatic heterocycles. The van der Waals surface area contributed by atoms with Crippen LogP contribution in [0, 0.1) is 10.1 Å². The molecule has 1 aromatic carbocycles. The largest absolute Gasteiger partial charge is 0.495 e. The summed E-state index contributed by atoms with van der Waals surface area (Å²) in [5, 5.41) is 11.2. The van der Waals surface area contributed by atoms with Crippen LogP contribution in [-0.2, 0) is 6.54 Å². The summed E-state index contributed by atoms with van der Waals surface area (Å²) in [6, 6.07) is 5.82. The molecule has 0 radical (unpaired) electrons. The van der Waals surface area contributed by atoms with E-state index in [0.29, 0.717) is 22.1 Å². The van der Waals surface area contributed by atoms with Crippen LogP contribution in [0.3, 0.4) is 0 Å². The van der Waals surface area contributed by atoms with Gasteiger partial charge in [-0.15, -0.1) is 0 Å². The lowest BCUT2D eigenvalue weighted by Crippen LogP contribution is -2.17. The van der Waals surface area contributed by atoms with Crippen LogP contribution in [0.5, 0.6) is 5.75 Å². The van der Waals surface area contributed by atoms with Crippen molar-refractivity contribution < 1.29 is 18.9 Å². The fourth-order valence-electron chi connectivity index (χ4n) is 2.48. The number of furan rings is 1. The van der Waals surface area contributed by atoms with E-state index in [2.05, 4.69) is 4.99 Å². The van der Waals surface area contributed by atoms with Gasteiger partial charge in [0.25, 0.3) is 0 Å². The number of methoxy groups -OCH3 is 1. The number of rotatable bonds is 5. The van der Waals surface area contributed by atoms with Crippen molar-refractivity contribution in [2.45, 2.75) is 19.9 Å². The molecule has 0 N–H and O–H groups in total. The highest BCUT2D eigenvalue weighted by Gasteiger charge is 2.19. The molecular weight excluding hydrogens is 382 g/mol. The van der Waals surface area contributed by atoms with Crippen LogP contribution in [0.1, 0.15) is 23.9 Å². The average Bonchev–Trinajstić information content (AvgIpc) is 3.23. The Labute approximate surface area is 156 Å². The number of nitrogens with zero attached hydrogens (tertiary/aromatic N) is 3. The van der Waals surface area contributed by atoms with Gasteiger partial charge in [-0.25, -0.2) is 0 Å². The normalized spacial score (nSPS) is 11.9. The third kappa shape index (κ3) is 3.23. The molecule has 8 nitrogen and oxygen atoms in total. The molecule has 0 aliphatic carbocycles. The molecule has 0 saturated heterocycles. The van der Waals surface area contributed by atoms with Gasteiger partial charge in [0, 0.05) is 6.54 Å². The number of halogens is 1. The van der Waals surface area contributed by atoms with Gasteiger partial charge in [0.1, 0.15) is 16.2 Å². The molecule has 3 rings (SSSR count). The van der Waals surface area contributed by atoms with Crippen LogP contribution < -0.4 is 9.54 Å². The summed E-state index contributed by atoms with van der Waals surface area (Å²) in [7, 11) is 1.56. The Morgan fingerprint density at radius 1 is 1.42 bits per heavy atom. The molecule has 0 spiro atoms. The first-order valence-electron chi connectivity index (χ1n) is 7.65. The predicted molar refractivity (Wildman–Crippen MR) is 96.9 cm³/mol. The Morgan fingerprint density at radius 3 is 2.81 bits per heavy atom. The molecule has 10 heteroatoms. The number of aryl methyl sites for hydroxylation is 1. The molecule has 0 unspecified atom stereocenters. The first kappa shape index (κ1) is 18.2. The minimum atomic E-state index is -0.710. The molecule has 0 bridgehead atoms. The third-order valence-electron chi connectivity index (χ3n) is 3.59. The number of amides is 1. The van der Waals surface area contributed by atoms with Crippen molar-refractivity contribution in [2.24, 2.45) is 4.99 Å². The van der Waals surface area contributed by atoms with E-state index in [0.717, 1.165) is 22.7 Å². The first-order valence-corrected chi connectivity index (χ1v) is 8.84. The van der Waals surface area contributed by atoms with E-state index >= 15 is 0 Å². The molecule has 2 heterocycles. The maximum Gasteiger partial charge on any atom is 0.433 e. The molecule has 1 amide bonds. The standard InChI is InChI=1S/C16H14ClN3O5S/c1-3-8-19-13-10(24-2)5-4-9(17)14(13)26-16(19)18-15(21)11-6-7-12(25-11)20(22)23/h4-7H,3,8H2,1-2H3. The summed E-state index contributed by atoms with van der Waals surface area (Å²) < 4.78 is 12.9. The van der Waals surface area contributed by atoms with Crippen molar-refractivity contribution in [3.63, 3.8) is 0 Å². The van der Waals surface area contributed by atoms with Gasteiger partial charge in [-0.2, -0.15) is 4.99 Å². The molecule has 2 aromatic heterocycles. The number of thiazole rings is 1. The second-order valence-electron chi connectivity index (χ2n) is 5.28. The van der Waals surface area contributed by atoms with Crippen molar-refractivity contribution in [1.29, 1.82) is 0 Å². The number of fused-ring (bicyclic) bond motifs is 1. The lowest BCUT2D eigenvalue weighted by molar-refractivity contribution is -0.402. The first-order chi connectivity index (χ1) is 12.5. The third-order valence-corrected chi connectivity index (χ3v) is 5.13. The van der Waals surface area contributed by atoms with E-state index in [1.54, 1.807) is 19.2 Å². The number of carbonyl (C=O) groups excluding carboxylic acids is 1. The molecular formula is C16H14ClN3O5S. The molecule has 0 aliphatic rings. The molecule has 0 fully saturated rings. The predicted octanol–water partition coefficient (Wildman–Crippen LogP) is 4.02. The number of aromatic nitrogens is 1. The average molecular weight is 396 g/mol. The molecule has 0 atom stereocenters. The summed E-state index contributed by atoms with van der Waals surface area (Å²) in [5.41, 5.74) is 0.754. The van der Waals surface area contributed by atoms with Gasteiger partial charge in [-0.1, -0.05) is 29.9 Å². The van der Waals surface area contributed by atoms with Crippen molar-refractivity contribution in [2.75, 3.05) is 7.11 Å². The van der Waals surface area contributed by atoms with Crippen molar-refractivity contribution in [3.8, 4) is 5.75 Å². The van der Waals surface area contributed by atoms with Crippen LogP contribution in [0.4, 0.5) is 5.88 Å². The number of hydrogen-bond acceptors (Lipinski definition) is 6. The Balaban J connectivity index is 2.18. The van der Waals surface area contributed by atoms with Crippen LogP contribution in [0.2, 0.25) is 5.02 Å². The Hall–Kier alpha value is -2.65. The van der Waals surface area contributed by atoms with E-state index in [-0.39, 0.29) is 5.76 Å².